The number of carbonyl (C=O) groups excluding carboxylic acids is 1. The summed E-state index contributed by atoms with van der Waals surface area (Å²) in [4.78, 5) is 30.1. The van der Waals surface area contributed by atoms with Crippen LogP contribution in [0.2, 0.25) is 5.02 Å². The lowest BCUT2D eigenvalue weighted by molar-refractivity contribution is -0.116. The van der Waals surface area contributed by atoms with Crippen molar-refractivity contribution in [3.8, 4) is 21.1 Å². The minimum atomic E-state index is -0.117. The highest BCUT2D eigenvalue weighted by molar-refractivity contribution is 7.19. The number of halogens is 1. The second-order valence-corrected chi connectivity index (χ2v) is 9.20. The topological polar surface area (TPSA) is 76.5 Å². The SMILES string of the molecule is CC(=O)Cc1cc(-c2cc(C(c3ccc(Cl)cc3)n3ccnc3)c(-c3ncc[nH]3)s2)ccn1. The molecule has 5 rings (SSSR count). The summed E-state index contributed by atoms with van der Waals surface area (Å²) < 4.78 is 2.08. The minimum absolute atomic E-state index is 0.0886. The molecule has 8 heteroatoms. The van der Waals surface area contributed by atoms with Crippen LogP contribution in [0.25, 0.3) is 21.1 Å². The number of nitrogens with one attached hydrogen (secondary N) is 1. The molecule has 1 aromatic carbocycles. The van der Waals surface area contributed by atoms with Crippen molar-refractivity contribution in [2.24, 2.45) is 0 Å². The highest BCUT2D eigenvalue weighted by Crippen LogP contribution is 2.43. The van der Waals surface area contributed by atoms with Crippen molar-refractivity contribution in [3.05, 3.63) is 102 Å². The number of aromatic nitrogens is 5. The average Bonchev–Trinajstić information content (AvgIpc) is 3.57. The van der Waals surface area contributed by atoms with Crippen LogP contribution in [0.15, 0.2) is 79.8 Å². The maximum atomic E-state index is 11.6. The predicted molar refractivity (Wildman–Crippen MR) is 130 cm³/mol. The van der Waals surface area contributed by atoms with Crippen molar-refractivity contribution < 1.29 is 4.79 Å². The number of nitrogens with zero attached hydrogens (tertiary/aromatic N) is 4. The molecule has 0 fully saturated rings. The molecule has 0 amide bonds. The number of hydrogen-bond acceptors (Lipinski definition) is 5. The van der Waals surface area contributed by atoms with E-state index in [1.165, 1.54) is 0 Å². The highest BCUT2D eigenvalue weighted by Gasteiger charge is 2.24. The molecule has 0 aliphatic carbocycles. The Morgan fingerprint density at radius 2 is 1.97 bits per heavy atom. The first-order chi connectivity index (χ1) is 16.1. The number of benzene rings is 1. The summed E-state index contributed by atoms with van der Waals surface area (Å²) in [6, 6.07) is 13.9. The molecule has 33 heavy (non-hydrogen) atoms. The van der Waals surface area contributed by atoms with E-state index in [0.717, 1.165) is 38.0 Å². The van der Waals surface area contributed by atoms with Crippen LogP contribution in [0, 0.1) is 0 Å². The van der Waals surface area contributed by atoms with Gasteiger partial charge in [0.2, 0.25) is 0 Å². The zero-order valence-electron chi connectivity index (χ0n) is 17.8. The standard InChI is InChI=1S/C25H20ClN5OS/c1-16(32)12-20-13-18(6-7-28-20)22-14-21(24(33-22)25-29-8-9-30-25)23(31-11-10-27-15-31)17-2-4-19(26)5-3-17/h2-11,13-15,23H,12H2,1H3,(H,29,30). The van der Waals surface area contributed by atoms with Gasteiger partial charge in [-0.25, -0.2) is 9.97 Å². The number of pyridine rings is 1. The molecule has 1 N–H and O–H groups in total. The van der Waals surface area contributed by atoms with Crippen LogP contribution in [-0.2, 0) is 11.2 Å². The van der Waals surface area contributed by atoms with E-state index in [1.807, 2.05) is 55.1 Å². The van der Waals surface area contributed by atoms with Crippen LogP contribution in [0.1, 0.15) is 29.8 Å². The molecule has 1 atom stereocenters. The van der Waals surface area contributed by atoms with Gasteiger partial charge < -0.3 is 9.55 Å². The molecule has 1 unspecified atom stereocenters. The van der Waals surface area contributed by atoms with E-state index in [0.29, 0.717) is 11.4 Å². The second kappa shape index (κ2) is 9.13. The smallest absolute Gasteiger partial charge is 0.147 e. The van der Waals surface area contributed by atoms with Gasteiger partial charge in [0, 0.05) is 58.6 Å². The third-order valence-corrected chi connectivity index (χ3v) is 6.77. The van der Waals surface area contributed by atoms with Crippen LogP contribution < -0.4 is 0 Å². The van der Waals surface area contributed by atoms with Gasteiger partial charge in [0.1, 0.15) is 11.6 Å². The number of hydrogen-bond donors (Lipinski definition) is 1. The predicted octanol–water partition coefficient (Wildman–Crippen LogP) is 5.82. The van der Waals surface area contributed by atoms with Crippen molar-refractivity contribution in [2.75, 3.05) is 0 Å². The Balaban J connectivity index is 1.68. The largest absolute Gasteiger partial charge is 0.344 e. The van der Waals surface area contributed by atoms with Crippen molar-refractivity contribution in [1.82, 2.24) is 24.5 Å². The third kappa shape index (κ3) is 4.51. The van der Waals surface area contributed by atoms with Crippen molar-refractivity contribution in [3.63, 3.8) is 0 Å². The van der Waals surface area contributed by atoms with Gasteiger partial charge in [-0.1, -0.05) is 23.7 Å². The molecule has 0 saturated carbocycles. The summed E-state index contributed by atoms with van der Waals surface area (Å²) in [6.07, 6.45) is 11.2. The zero-order chi connectivity index (χ0) is 22.8. The molecule has 0 radical (unpaired) electrons. The van der Waals surface area contributed by atoms with Crippen molar-refractivity contribution >= 4 is 28.7 Å². The monoisotopic (exact) mass is 473 g/mol. The van der Waals surface area contributed by atoms with Gasteiger partial charge in [-0.15, -0.1) is 11.3 Å². The summed E-state index contributed by atoms with van der Waals surface area (Å²) in [5.41, 5.74) is 3.96. The van der Waals surface area contributed by atoms with Gasteiger partial charge in [-0.2, -0.15) is 0 Å². The summed E-state index contributed by atoms with van der Waals surface area (Å²) >= 11 is 7.83. The molecule has 0 bridgehead atoms. The van der Waals surface area contributed by atoms with Gasteiger partial charge >= 0.3 is 0 Å². The average molecular weight is 474 g/mol. The maximum Gasteiger partial charge on any atom is 0.147 e. The zero-order valence-corrected chi connectivity index (χ0v) is 19.3. The Hall–Kier alpha value is -3.55. The highest BCUT2D eigenvalue weighted by atomic mass is 35.5. The van der Waals surface area contributed by atoms with Crippen LogP contribution in [0.3, 0.4) is 0 Å². The minimum Gasteiger partial charge on any atom is -0.344 e. The van der Waals surface area contributed by atoms with E-state index in [4.69, 9.17) is 11.6 Å². The quantitative estimate of drug-likeness (QED) is 0.323. The van der Waals surface area contributed by atoms with Crippen LogP contribution in [0.5, 0.6) is 0 Å². The number of ketones is 1. The van der Waals surface area contributed by atoms with Crippen LogP contribution in [0.4, 0.5) is 0 Å². The lowest BCUT2D eigenvalue weighted by Gasteiger charge is -2.20. The fourth-order valence-electron chi connectivity index (χ4n) is 3.89. The fraction of sp³-hybridized carbons (Fsp3) is 0.120. The van der Waals surface area contributed by atoms with E-state index in [-0.39, 0.29) is 11.8 Å². The van der Waals surface area contributed by atoms with Gasteiger partial charge in [0.05, 0.1) is 17.2 Å². The molecular formula is C25H20ClN5OS. The number of carbonyl (C=O) groups is 1. The number of aromatic amines is 1. The van der Waals surface area contributed by atoms with E-state index in [2.05, 4.69) is 30.6 Å². The Morgan fingerprint density at radius 1 is 1.12 bits per heavy atom. The van der Waals surface area contributed by atoms with Gasteiger partial charge in [0.25, 0.3) is 0 Å². The molecule has 0 aliphatic rings. The first kappa shape index (κ1) is 21.3. The fourth-order valence-corrected chi connectivity index (χ4v) is 5.16. The second-order valence-electron chi connectivity index (χ2n) is 7.71. The van der Waals surface area contributed by atoms with E-state index < -0.39 is 0 Å². The van der Waals surface area contributed by atoms with E-state index in [1.54, 1.807) is 36.9 Å². The molecule has 164 valence electrons. The lowest BCUT2D eigenvalue weighted by atomic mass is 9.97. The Kier molecular flexibility index (Phi) is 5.90. The molecule has 6 nitrogen and oxygen atoms in total. The van der Waals surface area contributed by atoms with Crippen LogP contribution in [-0.4, -0.2) is 30.3 Å². The number of imidazole rings is 2. The molecule has 5 aromatic rings. The first-order valence-corrected chi connectivity index (χ1v) is 11.6. The van der Waals surface area contributed by atoms with Gasteiger partial charge in [-0.3, -0.25) is 9.78 Å². The maximum absolute atomic E-state index is 11.6. The van der Waals surface area contributed by atoms with E-state index >= 15 is 0 Å². The molecule has 0 saturated heterocycles. The molecular weight excluding hydrogens is 454 g/mol. The summed E-state index contributed by atoms with van der Waals surface area (Å²) in [7, 11) is 0. The Morgan fingerprint density at radius 3 is 2.67 bits per heavy atom. The normalized spacial score (nSPS) is 12.1. The van der Waals surface area contributed by atoms with Gasteiger partial charge in [-0.05, 0) is 48.4 Å². The molecule has 4 aromatic heterocycles. The summed E-state index contributed by atoms with van der Waals surface area (Å²) in [5.74, 6) is 0.893. The third-order valence-electron chi connectivity index (χ3n) is 5.31. The van der Waals surface area contributed by atoms with Crippen molar-refractivity contribution in [2.45, 2.75) is 19.4 Å². The Labute approximate surface area is 200 Å². The number of H-pyrrole nitrogens is 1. The molecule has 4 heterocycles. The number of thiophene rings is 1. The first-order valence-electron chi connectivity index (χ1n) is 10.4. The molecule has 0 aliphatic heterocycles. The van der Waals surface area contributed by atoms with Gasteiger partial charge in [0.15, 0.2) is 0 Å². The molecule has 0 spiro atoms. The summed E-state index contributed by atoms with van der Waals surface area (Å²) in [6.45, 7) is 1.58. The number of rotatable bonds is 7. The lowest BCUT2D eigenvalue weighted by Crippen LogP contribution is -2.11. The summed E-state index contributed by atoms with van der Waals surface area (Å²) in [5, 5.41) is 0.690. The van der Waals surface area contributed by atoms with Crippen LogP contribution >= 0.6 is 22.9 Å². The Bertz CT molecular complexity index is 1370. The number of Topliss-reactive ketones (excluding diaryl/α,β-unsaturated/α-hetero) is 1. The van der Waals surface area contributed by atoms with Crippen molar-refractivity contribution in [1.29, 1.82) is 0 Å². The van der Waals surface area contributed by atoms with E-state index in [9.17, 15) is 4.79 Å².